The number of rotatable bonds is 9. The van der Waals surface area contributed by atoms with Crippen LogP contribution in [0.2, 0.25) is 0 Å². The van der Waals surface area contributed by atoms with E-state index in [1.54, 1.807) is 12.1 Å². The van der Waals surface area contributed by atoms with Crippen LogP contribution in [0.4, 0.5) is 15.3 Å². The molecule has 3 aromatic rings. The van der Waals surface area contributed by atoms with Crippen molar-refractivity contribution in [3.8, 4) is 17.6 Å². The van der Waals surface area contributed by atoms with Crippen LogP contribution in [0, 0.1) is 18.8 Å². The number of hydrogen-bond donors (Lipinski definition) is 3. The van der Waals surface area contributed by atoms with Crippen LogP contribution in [0.1, 0.15) is 36.0 Å². The second kappa shape index (κ2) is 12.9. The minimum absolute atomic E-state index is 0.0746. The van der Waals surface area contributed by atoms with E-state index in [9.17, 15) is 22.8 Å². The number of anilines is 1. The first kappa shape index (κ1) is 29.7. The van der Waals surface area contributed by atoms with Crippen molar-refractivity contribution in [1.82, 2.24) is 10.6 Å². The van der Waals surface area contributed by atoms with Crippen molar-refractivity contribution in [3.63, 3.8) is 0 Å². The monoisotopic (exact) mass is 591 g/mol. The van der Waals surface area contributed by atoms with Gasteiger partial charge in [-0.25, -0.2) is 13.2 Å². The summed E-state index contributed by atoms with van der Waals surface area (Å²) in [5.74, 6) is 5.71. The molecular formula is C30H29N3O6S2. The first-order valence-electron chi connectivity index (χ1n) is 12.8. The number of amides is 4. The number of ether oxygens (including phenoxy) is 1. The molecule has 212 valence electrons. The maximum atomic E-state index is 13.5. The molecule has 0 spiro atoms. The van der Waals surface area contributed by atoms with Crippen molar-refractivity contribution >= 4 is 44.5 Å². The van der Waals surface area contributed by atoms with E-state index in [1.165, 1.54) is 31.4 Å². The molecule has 1 heterocycles. The Morgan fingerprint density at radius 3 is 2.44 bits per heavy atom. The molecule has 0 aliphatic carbocycles. The number of carbonyl (C=O) groups is 3. The Balaban J connectivity index is 1.41. The zero-order chi connectivity index (χ0) is 29.5. The molecular weight excluding hydrogens is 562 g/mol. The molecule has 3 aromatic carbocycles. The number of nitrogens with one attached hydrogen (secondary N) is 3. The van der Waals surface area contributed by atoms with Gasteiger partial charge in [0.05, 0.1) is 12.0 Å². The van der Waals surface area contributed by atoms with Gasteiger partial charge in [0.2, 0.25) is 13.9 Å². The number of urea groups is 1. The molecule has 1 aliphatic heterocycles. The minimum atomic E-state index is -4.21. The van der Waals surface area contributed by atoms with Crippen molar-refractivity contribution in [2.24, 2.45) is 0 Å². The smallest absolute Gasteiger partial charge is 0.319 e. The summed E-state index contributed by atoms with van der Waals surface area (Å²) in [6, 6.07) is 20.3. The van der Waals surface area contributed by atoms with Crippen LogP contribution >= 0.6 is 11.8 Å². The number of carbonyl (C=O) groups excluding carboxylic acids is 3. The quantitative estimate of drug-likeness (QED) is 0.236. The Hall–Kier alpha value is -4.27. The molecule has 1 saturated heterocycles. The first-order chi connectivity index (χ1) is 19.6. The summed E-state index contributed by atoms with van der Waals surface area (Å²) in [6.45, 7) is 2.29. The molecule has 0 bridgehead atoms. The fraction of sp³-hybridized carbons (Fsp3) is 0.233. The molecule has 41 heavy (non-hydrogen) atoms. The summed E-state index contributed by atoms with van der Waals surface area (Å²) in [5.41, 5.74) is 3.17. The SMILES string of the molecule is COc1ccc(S(=O)(=O)C2(CCCC#Cc3cc(NC(=O)NCc4ccccc4)ccc3C)SC(=O)NC2=O)cc1. The lowest BCUT2D eigenvalue weighted by molar-refractivity contribution is -0.120. The maximum Gasteiger partial charge on any atom is 0.319 e. The molecule has 1 unspecified atom stereocenters. The highest BCUT2D eigenvalue weighted by Crippen LogP contribution is 2.44. The van der Waals surface area contributed by atoms with Gasteiger partial charge in [0, 0.05) is 24.2 Å². The summed E-state index contributed by atoms with van der Waals surface area (Å²) in [7, 11) is -2.75. The Morgan fingerprint density at radius 1 is 1.05 bits per heavy atom. The average molecular weight is 592 g/mol. The van der Waals surface area contributed by atoms with Crippen LogP contribution in [0.5, 0.6) is 5.75 Å². The number of unbranched alkanes of at least 4 members (excludes halogenated alkanes) is 1. The summed E-state index contributed by atoms with van der Waals surface area (Å²) >= 11 is 0.487. The minimum Gasteiger partial charge on any atom is -0.497 e. The van der Waals surface area contributed by atoms with Crippen molar-refractivity contribution in [2.45, 2.75) is 41.7 Å². The van der Waals surface area contributed by atoms with Crippen LogP contribution < -0.4 is 20.7 Å². The van der Waals surface area contributed by atoms with Gasteiger partial charge in [0.1, 0.15) is 5.75 Å². The molecule has 11 heteroatoms. The predicted octanol–water partition coefficient (Wildman–Crippen LogP) is 5.00. The van der Waals surface area contributed by atoms with Gasteiger partial charge in [-0.3, -0.25) is 14.9 Å². The van der Waals surface area contributed by atoms with Gasteiger partial charge in [-0.1, -0.05) is 48.2 Å². The topological polar surface area (TPSA) is 131 Å². The lowest BCUT2D eigenvalue weighted by atomic mass is 10.1. The number of methoxy groups -OCH3 is 1. The van der Waals surface area contributed by atoms with Crippen LogP contribution in [0.15, 0.2) is 77.7 Å². The second-order valence-corrected chi connectivity index (χ2v) is 13.0. The van der Waals surface area contributed by atoms with Gasteiger partial charge in [-0.2, -0.15) is 0 Å². The summed E-state index contributed by atoms with van der Waals surface area (Å²) in [4.78, 5) is 37.1. The lowest BCUT2D eigenvalue weighted by Gasteiger charge is -2.24. The Kier molecular flexibility index (Phi) is 9.37. The number of aryl methyl sites for hydroxylation is 1. The van der Waals surface area contributed by atoms with Crippen molar-refractivity contribution in [2.75, 3.05) is 12.4 Å². The fourth-order valence-corrected chi connectivity index (χ4v) is 7.56. The van der Waals surface area contributed by atoms with E-state index in [2.05, 4.69) is 27.8 Å². The molecule has 0 aromatic heterocycles. The molecule has 4 amide bonds. The summed E-state index contributed by atoms with van der Waals surface area (Å²) in [6.07, 6.45) is 0.450. The number of sulfone groups is 1. The average Bonchev–Trinajstić information content (AvgIpc) is 3.27. The molecule has 1 atom stereocenters. The predicted molar refractivity (Wildman–Crippen MR) is 158 cm³/mol. The van der Waals surface area contributed by atoms with Gasteiger partial charge in [0.15, 0.2) is 0 Å². The lowest BCUT2D eigenvalue weighted by Crippen LogP contribution is -2.43. The van der Waals surface area contributed by atoms with Gasteiger partial charge < -0.3 is 15.4 Å². The first-order valence-corrected chi connectivity index (χ1v) is 15.1. The van der Waals surface area contributed by atoms with Crippen molar-refractivity contribution in [3.05, 3.63) is 89.5 Å². The van der Waals surface area contributed by atoms with E-state index in [-0.39, 0.29) is 30.2 Å². The normalized spacial score (nSPS) is 16.3. The Labute approximate surface area is 243 Å². The van der Waals surface area contributed by atoms with Gasteiger partial charge in [-0.05, 0) is 79.1 Å². The number of thioether (sulfide) groups is 1. The molecule has 1 fully saturated rings. The number of imide groups is 1. The van der Waals surface area contributed by atoms with Crippen LogP contribution in [-0.4, -0.2) is 36.8 Å². The second-order valence-electron chi connectivity index (χ2n) is 9.25. The Morgan fingerprint density at radius 2 is 1.78 bits per heavy atom. The fourth-order valence-electron chi connectivity index (χ4n) is 4.19. The zero-order valence-electron chi connectivity index (χ0n) is 22.5. The van der Waals surface area contributed by atoms with Crippen LogP contribution in [0.25, 0.3) is 0 Å². The molecule has 4 rings (SSSR count). The maximum absolute atomic E-state index is 13.5. The summed E-state index contributed by atoms with van der Waals surface area (Å²) in [5, 5.41) is 7.03. The highest BCUT2D eigenvalue weighted by molar-refractivity contribution is 8.25. The van der Waals surface area contributed by atoms with Gasteiger partial charge >= 0.3 is 6.03 Å². The molecule has 0 radical (unpaired) electrons. The van der Waals surface area contributed by atoms with Crippen molar-refractivity contribution < 1.29 is 27.5 Å². The standard InChI is InChI=1S/C30H29N3O6S2/c1-21-12-13-24(32-28(35)31-20-22-9-5-3-6-10-22)19-23(21)11-7-4-8-18-30(27(34)33-29(36)40-30)41(37,38)26-16-14-25(39-2)15-17-26/h3,5-6,9-10,12-17,19H,4,8,18,20H2,1-2H3,(H2,31,32,35)(H,33,34,36). The van der Waals surface area contributed by atoms with Crippen LogP contribution in [-0.2, 0) is 21.2 Å². The summed E-state index contributed by atoms with van der Waals surface area (Å²) < 4.78 is 30.2. The molecule has 3 N–H and O–H groups in total. The van der Waals surface area contributed by atoms with E-state index >= 15 is 0 Å². The van der Waals surface area contributed by atoms with E-state index in [0.29, 0.717) is 35.3 Å². The third-order valence-electron chi connectivity index (χ3n) is 6.45. The highest BCUT2D eigenvalue weighted by Gasteiger charge is 2.57. The van der Waals surface area contributed by atoms with Crippen molar-refractivity contribution in [1.29, 1.82) is 0 Å². The molecule has 9 nitrogen and oxygen atoms in total. The largest absolute Gasteiger partial charge is 0.497 e. The third kappa shape index (κ3) is 6.90. The van der Waals surface area contributed by atoms with E-state index in [4.69, 9.17) is 4.74 Å². The van der Waals surface area contributed by atoms with E-state index in [1.807, 2.05) is 43.3 Å². The van der Waals surface area contributed by atoms with Gasteiger partial charge in [-0.15, -0.1) is 0 Å². The third-order valence-corrected chi connectivity index (χ3v) is 10.5. The molecule has 0 saturated carbocycles. The van der Waals surface area contributed by atoms with E-state index < -0.39 is 25.1 Å². The Bertz CT molecular complexity index is 1610. The van der Waals surface area contributed by atoms with E-state index in [0.717, 1.165) is 11.1 Å². The number of benzene rings is 3. The van der Waals surface area contributed by atoms with Crippen LogP contribution in [0.3, 0.4) is 0 Å². The zero-order valence-corrected chi connectivity index (χ0v) is 24.2. The molecule has 1 aliphatic rings. The highest BCUT2D eigenvalue weighted by atomic mass is 32.3. The number of hydrogen-bond acceptors (Lipinski definition) is 7. The van der Waals surface area contributed by atoms with Gasteiger partial charge in [0.25, 0.3) is 11.1 Å².